The molecule has 1 aromatic carbocycles. The Labute approximate surface area is 132 Å². The van der Waals surface area contributed by atoms with Crippen LogP contribution in [0.15, 0.2) is 22.8 Å². The molecular weight excluding hydrogens is 331 g/mol. The van der Waals surface area contributed by atoms with Crippen molar-refractivity contribution < 1.29 is 4.63 Å². The van der Waals surface area contributed by atoms with E-state index in [9.17, 15) is 0 Å². The van der Waals surface area contributed by atoms with Crippen LogP contribution in [-0.2, 0) is 0 Å². The molecule has 0 fully saturated rings. The van der Waals surface area contributed by atoms with Gasteiger partial charge in [0.15, 0.2) is 5.82 Å². The SMILES string of the molecule is Nc1nnc2c(Nc3cc(Cl)ccc3Cl)nc3nonc3n12. The molecule has 0 bridgehead atoms. The summed E-state index contributed by atoms with van der Waals surface area (Å²) in [6.45, 7) is 0. The molecule has 3 heterocycles. The van der Waals surface area contributed by atoms with Crippen molar-refractivity contribution in [3.8, 4) is 0 Å². The monoisotopic (exact) mass is 336 g/mol. The molecule has 0 saturated carbocycles. The quantitative estimate of drug-likeness (QED) is 0.572. The smallest absolute Gasteiger partial charge is 0.244 e. The highest BCUT2D eigenvalue weighted by Gasteiger charge is 2.18. The first kappa shape index (κ1) is 13.0. The standard InChI is InChI=1S/C11H6Cl2N8O/c12-4-1-2-5(13)6(3-4)15-7-9-17-18-11(14)21(9)10-8(16-7)19-22-20-10/h1-3H,(H2,14,18)(H,15,16,19). The summed E-state index contributed by atoms with van der Waals surface area (Å²) in [5, 5.41) is 19.3. The molecule has 11 heteroatoms. The molecule has 22 heavy (non-hydrogen) atoms. The molecule has 0 radical (unpaired) electrons. The Morgan fingerprint density at radius 3 is 2.86 bits per heavy atom. The average Bonchev–Trinajstić information content (AvgIpc) is 3.09. The molecule has 0 aliphatic heterocycles. The Morgan fingerprint density at radius 1 is 1.14 bits per heavy atom. The lowest BCUT2D eigenvalue weighted by atomic mass is 10.3. The van der Waals surface area contributed by atoms with Crippen molar-refractivity contribution in [3.05, 3.63) is 28.2 Å². The maximum Gasteiger partial charge on any atom is 0.244 e. The predicted octanol–water partition coefficient (Wildman–Crippen LogP) is 2.29. The fourth-order valence-electron chi connectivity index (χ4n) is 2.01. The molecule has 3 N–H and O–H groups in total. The minimum atomic E-state index is 0.137. The number of aromatic nitrogens is 6. The summed E-state index contributed by atoms with van der Waals surface area (Å²) in [5.41, 5.74) is 7.28. The number of halogens is 2. The van der Waals surface area contributed by atoms with Gasteiger partial charge >= 0.3 is 0 Å². The van der Waals surface area contributed by atoms with Crippen LogP contribution in [0.5, 0.6) is 0 Å². The Balaban J connectivity index is 1.95. The summed E-state index contributed by atoms with van der Waals surface area (Å²) in [5.74, 6) is 0.481. The van der Waals surface area contributed by atoms with E-state index >= 15 is 0 Å². The van der Waals surface area contributed by atoms with E-state index in [4.69, 9.17) is 28.9 Å². The summed E-state index contributed by atoms with van der Waals surface area (Å²) >= 11 is 12.1. The number of rotatable bonds is 2. The predicted molar refractivity (Wildman–Crippen MR) is 80.3 cm³/mol. The van der Waals surface area contributed by atoms with Gasteiger partial charge in [0.1, 0.15) is 0 Å². The lowest BCUT2D eigenvalue weighted by molar-refractivity contribution is 0.314. The molecule has 0 saturated heterocycles. The fraction of sp³-hybridized carbons (Fsp3) is 0. The molecule has 3 aromatic heterocycles. The first-order chi connectivity index (χ1) is 10.6. The van der Waals surface area contributed by atoms with Gasteiger partial charge in [-0.1, -0.05) is 23.2 Å². The number of nitrogens with one attached hydrogen (secondary N) is 1. The number of hydrogen-bond donors (Lipinski definition) is 2. The zero-order valence-electron chi connectivity index (χ0n) is 10.7. The van der Waals surface area contributed by atoms with Gasteiger partial charge in [-0.05, 0) is 28.5 Å². The van der Waals surface area contributed by atoms with E-state index in [-0.39, 0.29) is 11.6 Å². The Kier molecular flexibility index (Phi) is 2.78. The van der Waals surface area contributed by atoms with Crippen molar-refractivity contribution >= 4 is 57.6 Å². The summed E-state index contributed by atoms with van der Waals surface area (Å²) in [7, 11) is 0. The van der Waals surface area contributed by atoms with Gasteiger partial charge in [0.2, 0.25) is 22.9 Å². The van der Waals surface area contributed by atoms with Crippen molar-refractivity contribution in [3.63, 3.8) is 0 Å². The van der Waals surface area contributed by atoms with Crippen molar-refractivity contribution in [1.82, 2.24) is 29.9 Å². The van der Waals surface area contributed by atoms with Crippen molar-refractivity contribution in [1.29, 1.82) is 0 Å². The van der Waals surface area contributed by atoms with E-state index in [0.717, 1.165) is 0 Å². The number of fused-ring (bicyclic) bond motifs is 3. The van der Waals surface area contributed by atoms with Gasteiger partial charge in [-0.3, -0.25) is 0 Å². The van der Waals surface area contributed by atoms with Crippen LogP contribution in [0.4, 0.5) is 17.5 Å². The van der Waals surface area contributed by atoms with Crippen molar-refractivity contribution in [2.45, 2.75) is 0 Å². The highest BCUT2D eigenvalue weighted by atomic mass is 35.5. The van der Waals surface area contributed by atoms with Crippen LogP contribution in [0.25, 0.3) is 16.9 Å². The second-order valence-electron chi connectivity index (χ2n) is 4.34. The fourth-order valence-corrected chi connectivity index (χ4v) is 2.35. The number of nitrogens with two attached hydrogens (primary N) is 1. The largest absolute Gasteiger partial charge is 0.368 e. The molecule has 110 valence electrons. The minimum Gasteiger partial charge on any atom is -0.368 e. The Morgan fingerprint density at radius 2 is 2.00 bits per heavy atom. The van der Waals surface area contributed by atoms with Crippen LogP contribution in [0.3, 0.4) is 0 Å². The van der Waals surface area contributed by atoms with Gasteiger partial charge in [0.05, 0.1) is 10.7 Å². The summed E-state index contributed by atoms with van der Waals surface area (Å²) in [6.07, 6.45) is 0. The maximum absolute atomic E-state index is 6.14. The van der Waals surface area contributed by atoms with Crippen molar-refractivity contribution in [2.75, 3.05) is 11.1 Å². The number of nitrogens with zero attached hydrogens (tertiary/aromatic N) is 6. The van der Waals surface area contributed by atoms with Crippen LogP contribution in [-0.4, -0.2) is 29.9 Å². The van der Waals surface area contributed by atoms with E-state index in [1.165, 1.54) is 4.40 Å². The number of anilines is 3. The highest BCUT2D eigenvalue weighted by molar-refractivity contribution is 6.35. The second-order valence-corrected chi connectivity index (χ2v) is 5.18. The molecule has 0 aliphatic rings. The summed E-state index contributed by atoms with van der Waals surface area (Å²) < 4.78 is 6.15. The van der Waals surface area contributed by atoms with Gasteiger partial charge in [0.25, 0.3) is 0 Å². The highest BCUT2D eigenvalue weighted by Crippen LogP contribution is 2.30. The average molecular weight is 337 g/mol. The first-order valence-electron chi connectivity index (χ1n) is 5.98. The third-order valence-electron chi connectivity index (χ3n) is 2.97. The van der Waals surface area contributed by atoms with Crippen LogP contribution < -0.4 is 11.1 Å². The normalized spacial score (nSPS) is 11.4. The minimum absolute atomic E-state index is 0.137. The number of nitrogen functional groups attached to an aromatic ring is 1. The summed E-state index contributed by atoms with van der Waals surface area (Å²) in [6, 6.07) is 5.00. The van der Waals surface area contributed by atoms with Crippen LogP contribution in [0, 0.1) is 0 Å². The topological polar surface area (TPSA) is 120 Å². The second kappa shape index (κ2) is 4.68. The van der Waals surface area contributed by atoms with E-state index < -0.39 is 0 Å². The Bertz CT molecular complexity index is 1010. The lowest BCUT2D eigenvalue weighted by Crippen LogP contribution is -2.02. The third-order valence-corrected chi connectivity index (χ3v) is 3.53. The molecule has 0 aliphatic carbocycles. The zero-order chi connectivity index (χ0) is 15.3. The van der Waals surface area contributed by atoms with E-state index in [1.807, 2.05) is 0 Å². The van der Waals surface area contributed by atoms with Crippen molar-refractivity contribution in [2.24, 2.45) is 0 Å². The van der Waals surface area contributed by atoms with Gasteiger partial charge < -0.3 is 11.1 Å². The van der Waals surface area contributed by atoms with Gasteiger partial charge in [0, 0.05) is 5.02 Å². The van der Waals surface area contributed by atoms with Gasteiger partial charge in [-0.2, -0.15) is 0 Å². The van der Waals surface area contributed by atoms with Crippen LogP contribution in [0.2, 0.25) is 10.0 Å². The van der Waals surface area contributed by atoms with Crippen LogP contribution in [0.1, 0.15) is 0 Å². The molecule has 9 nitrogen and oxygen atoms in total. The van der Waals surface area contributed by atoms with Crippen LogP contribution >= 0.6 is 23.2 Å². The molecule has 0 unspecified atom stereocenters. The maximum atomic E-state index is 6.14. The molecule has 0 amide bonds. The molecular formula is C11H6Cl2N8O. The van der Waals surface area contributed by atoms with Gasteiger partial charge in [-0.25, -0.2) is 14.0 Å². The molecule has 4 aromatic rings. The first-order valence-corrected chi connectivity index (χ1v) is 6.74. The third kappa shape index (κ3) is 1.90. The van der Waals surface area contributed by atoms with Gasteiger partial charge in [-0.15, -0.1) is 10.2 Å². The lowest BCUT2D eigenvalue weighted by Gasteiger charge is -2.08. The number of hydrogen-bond acceptors (Lipinski definition) is 8. The molecule has 0 atom stereocenters. The molecule has 0 spiro atoms. The zero-order valence-corrected chi connectivity index (χ0v) is 12.2. The number of benzene rings is 1. The summed E-state index contributed by atoms with van der Waals surface area (Å²) in [4.78, 5) is 4.28. The van der Waals surface area contributed by atoms with E-state index in [0.29, 0.717) is 32.8 Å². The van der Waals surface area contributed by atoms with E-state index in [1.54, 1.807) is 18.2 Å². The molecule has 4 rings (SSSR count). The van der Waals surface area contributed by atoms with E-state index in [2.05, 4.69) is 35.4 Å². The Hall–Kier alpha value is -2.65.